The minimum absolute atomic E-state index is 0.0328. The molecule has 0 radical (unpaired) electrons. The van der Waals surface area contributed by atoms with Crippen LogP contribution in [0, 0.1) is 17.3 Å². The monoisotopic (exact) mass is 509 g/mol. The summed E-state index contributed by atoms with van der Waals surface area (Å²) in [5, 5.41) is 33.3. The molecule has 9 heteroatoms. The van der Waals surface area contributed by atoms with E-state index in [-0.39, 0.29) is 36.9 Å². The standard InChI is InChI=1S/C26H39NO7S/c1-14-7-6-8-18-20(33-18)10-19(15(2)9-17-13-35-22(12-28)27-17)34-23(30)11-21(29)26(4,5)25(32)16(3)24(14)31/h9,13-14,16,18-21,24,28-29,31H,6-8,10-12H2,1-5H3/b15-9+. The number of aliphatic hydroxyl groups is 3. The molecule has 1 aromatic rings. The van der Waals surface area contributed by atoms with Crippen LogP contribution in [0.2, 0.25) is 0 Å². The zero-order chi connectivity index (χ0) is 25.9. The summed E-state index contributed by atoms with van der Waals surface area (Å²) in [5.74, 6) is -1.61. The van der Waals surface area contributed by atoms with E-state index in [0.29, 0.717) is 17.1 Å². The summed E-state index contributed by atoms with van der Waals surface area (Å²) in [6.07, 6.45) is 1.86. The number of hydrogen-bond donors (Lipinski definition) is 3. The van der Waals surface area contributed by atoms with Gasteiger partial charge in [0.05, 0.1) is 48.6 Å². The lowest BCUT2D eigenvalue weighted by Gasteiger charge is -2.34. The number of cyclic esters (lactones) is 1. The van der Waals surface area contributed by atoms with Crippen molar-refractivity contribution in [2.45, 2.75) is 104 Å². The third-order valence-electron chi connectivity index (χ3n) is 7.48. The van der Waals surface area contributed by atoms with Crippen molar-refractivity contribution in [3.8, 4) is 0 Å². The summed E-state index contributed by atoms with van der Waals surface area (Å²) < 4.78 is 11.7. The highest BCUT2D eigenvalue weighted by atomic mass is 32.1. The predicted octanol–water partition coefficient (Wildman–Crippen LogP) is 3.27. The first-order valence-corrected chi connectivity index (χ1v) is 13.3. The van der Waals surface area contributed by atoms with Gasteiger partial charge < -0.3 is 24.8 Å². The molecular weight excluding hydrogens is 470 g/mol. The van der Waals surface area contributed by atoms with Crippen LogP contribution in [0.5, 0.6) is 0 Å². The van der Waals surface area contributed by atoms with E-state index in [1.54, 1.807) is 20.8 Å². The van der Waals surface area contributed by atoms with Crippen molar-refractivity contribution < 1.29 is 34.4 Å². The maximum absolute atomic E-state index is 13.2. The van der Waals surface area contributed by atoms with Crippen molar-refractivity contribution >= 4 is 29.2 Å². The third kappa shape index (κ3) is 6.98. The molecule has 196 valence electrons. The van der Waals surface area contributed by atoms with Gasteiger partial charge in [-0.05, 0) is 37.3 Å². The van der Waals surface area contributed by atoms with Crippen LogP contribution < -0.4 is 0 Å². The Morgan fingerprint density at radius 2 is 1.94 bits per heavy atom. The van der Waals surface area contributed by atoms with Crippen LogP contribution in [0.3, 0.4) is 0 Å². The van der Waals surface area contributed by atoms with E-state index in [1.807, 2.05) is 25.3 Å². The van der Waals surface area contributed by atoms with Gasteiger partial charge >= 0.3 is 5.97 Å². The summed E-state index contributed by atoms with van der Waals surface area (Å²) in [6, 6.07) is 0. The minimum atomic E-state index is -1.25. The maximum atomic E-state index is 13.2. The number of hydrogen-bond acceptors (Lipinski definition) is 9. The zero-order valence-corrected chi connectivity index (χ0v) is 22.1. The lowest BCUT2D eigenvalue weighted by molar-refractivity contribution is -0.154. The number of esters is 1. The van der Waals surface area contributed by atoms with Gasteiger partial charge in [-0.1, -0.05) is 34.1 Å². The maximum Gasteiger partial charge on any atom is 0.309 e. The zero-order valence-electron chi connectivity index (χ0n) is 21.3. The van der Waals surface area contributed by atoms with E-state index in [9.17, 15) is 24.9 Å². The highest BCUT2D eigenvalue weighted by Gasteiger charge is 2.44. The molecule has 35 heavy (non-hydrogen) atoms. The first kappa shape index (κ1) is 27.9. The second kappa shape index (κ2) is 11.6. The Balaban J connectivity index is 1.81. The molecule has 8 nitrogen and oxygen atoms in total. The number of carbonyl (C=O) groups excluding carboxylic acids is 2. The molecule has 3 heterocycles. The van der Waals surface area contributed by atoms with Gasteiger partial charge in [0.25, 0.3) is 0 Å². The second-order valence-corrected chi connectivity index (χ2v) is 11.6. The molecule has 2 aliphatic heterocycles. The SMILES string of the molecule is C/C(=C\c1csc(CO)n1)C1CC2OC2CCCC(C)C(O)C(C)C(=O)C(C)(C)C(O)CC(=O)O1. The molecule has 7 unspecified atom stereocenters. The summed E-state index contributed by atoms with van der Waals surface area (Å²) in [5.41, 5.74) is 0.253. The summed E-state index contributed by atoms with van der Waals surface area (Å²) >= 11 is 1.35. The van der Waals surface area contributed by atoms with Crippen molar-refractivity contribution in [2.24, 2.45) is 17.3 Å². The Bertz CT molecular complexity index is 927. The van der Waals surface area contributed by atoms with Gasteiger partial charge in [0, 0.05) is 17.7 Å². The Morgan fingerprint density at radius 3 is 2.60 bits per heavy atom. The quantitative estimate of drug-likeness (QED) is 0.418. The average molecular weight is 510 g/mol. The molecule has 3 N–H and O–H groups in total. The summed E-state index contributed by atoms with van der Waals surface area (Å²) in [7, 11) is 0. The van der Waals surface area contributed by atoms with Crippen LogP contribution in [0.25, 0.3) is 6.08 Å². The number of epoxide rings is 1. The van der Waals surface area contributed by atoms with Crippen LogP contribution in [0.15, 0.2) is 11.0 Å². The minimum Gasteiger partial charge on any atom is -0.458 e. The fraction of sp³-hybridized carbons (Fsp3) is 0.731. The number of aromatic nitrogens is 1. The lowest BCUT2D eigenvalue weighted by Crippen LogP contribution is -2.45. The number of rotatable bonds is 3. The molecular formula is C26H39NO7S. The Morgan fingerprint density at radius 1 is 1.23 bits per heavy atom. The van der Waals surface area contributed by atoms with E-state index in [4.69, 9.17) is 9.47 Å². The van der Waals surface area contributed by atoms with Gasteiger partial charge in [0.2, 0.25) is 0 Å². The van der Waals surface area contributed by atoms with E-state index in [0.717, 1.165) is 24.8 Å². The molecule has 0 aliphatic carbocycles. The molecule has 1 aromatic heterocycles. The largest absolute Gasteiger partial charge is 0.458 e. The Kier molecular flexibility index (Phi) is 9.26. The number of Topliss-reactive ketones (excluding diaryl/α,β-unsaturated/α-hetero) is 1. The third-order valence-corrected chi connectivity index (χ3v) is 8.33. The highest BCUT2D eigenvalue weighted by Crippen LogP contribution is 2.36. The number of aliphatic hydroxyl groups excluding tert-OH is 3. The number of thiazole rings is 1. The molecule has 2 aliphatic rings. The number of carbonyl (C=O) groups is 2. The highest BCUT2D eigenvalue weighted by molar-refractivity contribution is 7.09. The topological polar surface area (TPSA) is 129 Å². The predicted molar refractivity (Wildman–Crippen MR) is 132 cm³/mol. The van der Waals surface area contributed by atoms with Gasteiger partial charge in [0.15, 0.2) is 0 Å². The molecule has 3 rings (SSSR count). The number of nitrogens with zero attached hydrogens (tertiary/aromatic N) is 1. The second-order valence-electron chi connectivity index (χ2n) is 10.6. The number of fused-ring (bicyclic) bond motifs is 1. The van der Waals surface area contributed by atoms with Crippen molar-refractivity contribution in [1.29, 1.82) is 0 Å². The Hall–Kier alpha value is -1.65. The van der Waals surface area contributed by atoms with Crippen molar-refractivity contribution in [1.82, 2.24) is 4.98 Å². The molecule has 2 saturated heterocycles. The fourth-order valence-electron chi connectivity index (χ4n) is 4.80. The average Bonchev–Trinajstić information content (AvgIpc) is 3.38. The van der Waals surface area contributed by atoms with Gasteiger partial charge in [-0.2, -0.15) is 0 Å². The van der Waals surface area contributed by atoms with Crippen molar-refractivity contribution in [3.63, 3.8) is 0 Å². The van der Waals surface area contributed by atoms with Gasteiger partial charge in [-0.25, -0.2) is 4.98 Å². The molecule has 0 spiro atoms. The molecule has 0 bridgehead atoms. The Labute approximate surface area is 211 Å². The van der Waals surface area contributed by atoms with Crippen molar-refractivity contribution in [2.75, 3.05) is 0 Å². The normalized spacial score (nSPS) is 35.3. The molecule has 0 aromatic carbocycles. The van der Waals surface area contributed by atoms with Crippen LogP contribution in [0.4, 0.5) is 0 Å². The van der Waals surface area contributed by atoms with E-state index in [1.165, 1.54) is 11.3 Å². The summed E-state index contributed by atoms with van der Waals surface area (Å²) in [6.45, 7) is 8.57. The molecule has 7 atom stereocenters. The number of ether oxygens (including phenoxy) is 2. The first-order chi connectivity index (χ1) is 16.4. The molecule has 0 amide bonds. The molecule has 2 fully saturated rings. The fourth-order valence-corrected chi connectivity index (χ4v) is 5.41. The van der Waals surface area contributed by atoms with Crippen molar-refractivity contribution in [3.05, 3.63) is 21.7 Å². The van der Waals surface area contributed by atoms with E-state index < -0.39 is 35.6 Å². The van der Waals surface area contributed by atoms with Crippen LogP contribution >= 0.6 is 11.3 Å². The van der Waals surface area contributed by atoms with E-state index in [2.05, 4.69) is 4.98 Å². The smallest absolute Gasteiger partial charge is 0.309 e. The van der Waals surface area contributed by atoms with Gasteiger partial charge in [-0.3, -0.25) is 9.59 Å². The summed E-state index contributed by atoms with van der Waals surface area (Å²) in [4.78, 5) is 30.4. The first-order valence-electron chi connectivity index (χ1n) is 12.4. The van der Waals surface area contributed by atoms with Gasteiger partial charge in [0.1, 0.15) is 16.9 Å². The number of ketones is 1. The molecule has 0 saturated carbocycles. The lowest BCUT2D eigenvalue weighted by atomic mass is 9.73. The van der Waals surface area contributed by atoms with Crippen LogP contribution in [0.1, 0.15) is 77.4 Å². The van der Waals surface area contributed by atoms with Crippen LogP contribution in [-0.2, 0) is 25.7 Å². The van der Waals surface area contributed by atoms with E-state index >= 15 is 0 Å². The van der Waals surface area contributed by atoms with Gasteiger partial charge in [-0.15, -0.1) is 11.3 Å². The van der Waals surface area contributed by atoms with Crippen LogP contribution in [-0.4, -0.2) is 62.6 Å².